The Morgan fingerprint density at radius 1 is 1.47 bits per heavy atom. The molecule has 0 saturated heterocycles. The van der Waals surface area contributed by atoms with E-state index < -0.39 is 0 Å². The third kappa shape index (κ3) is 3.80. The van der Waals surface area contributed by atoms with Crippen molar-refractivity contribution < 1.29 is 4.79 Å². The average Bonchev–Trinajstić information content (AvgIpc) is 2.89. The highest BCUT2D eigenvalue weighted by Gasteiger charge is 2.06. The van der Waals surface area contributed by atoms with Crippen molar-refractivity contribution in [3.63, 3.8) is 0 Å². The molecule has 0 unspecified atom stereocenters. The zero-order valence-corrected chi connectivity index (χ0v) is 11.1. The molecule has 0 aliphatic rings. The van der Waals surface area contributed by atoms with Crippen molar-refractivity contribution in [3.05, 3.63) is 36.4 Å². The van der Waals surface area contributed by atoms with Crippen molar-refractivity contribution >= 4 is 17.4 Å². The minimum absolute atomic E-state index is 0.0702. The van der Waals surface area contributed by atoms with E-state index in [2.05, 4.69) is 20.3 Å². The topological polar surface area (TPSA) is 73.9 Å². The SMILES string of the molecule is CC(=O)CNc1cc(N(C)Cc2cc[nH]c2)ncn1. The first-order valence-corrected chi connectivity index (χ1v) is 6.03. The highest BCUT2D eigenvalue weighted by Crippen LogP contribution is 2.14. The van der Waals surface area contributed by atoms with Crippen LogP contribution >= 0.6 is 0 Å². The van der Waals surface area contributed by atoms with Gasteiger partial charge in [-0.15, -0.1) is 0 Å². The van der Waals surface area contributed by atoms with Crippen LogP contribution in [0.15, 0.2) is 30.9 Å². The fraction of sp³-hybridized carbons (Fsp3) is 0.308. The van der Waals surface area contributed by atoms with Gasteiger partial charge in [0.2, 0.25) is 0 Å². The zero-order chi connectivity index (χ0) is 13.7. The number of carbonyl (C=O) groups excluding carboxylic acids is 1. The lowest BCUT2D eigenvalue weighted by Gasteiger charge is -2.17. The van der Waals surface area contributed by atoms with Gasteiger partial charge in [0.15, 0.2) is 0 Å². The van der Waals surface area contributed by atoms with Crippen molar-refractivity contribution in [1.29, 1.82) is 0 Å². The fourth-order valence-corrected chi connectivity index (χ4v) is 1.68. The highest BCUT2D eigenvalue weighted by molar-refractivity contribution is 5.80. The number of nitrogens with one attached hydrogen (secondary N) is 2. The molecular formula is C13H17N5O. The summed E-state index contributed by atoms with van der Waals surface area (Å²) in [7, 11) is 1.96. The van der Waals surface area contributed by atoms with E-state index in [9.17, 15) is 4.79 Å². The number of hydrogen-bond acceptors (Lipinski definition) is 5. The molecule has 0 amide bonds. The summed E-state index contributed by atoms with van der Waals surface area (Å²) in [5.74, 6) is 1.53. The summed E-state index contributed by atoms with van der Waals surface area (Å²) in [5.41, 5.74) is 1.18. The van der Waals surface area contributed by atoms with Gasteiger partial charge in [-0.25, -0.2) is 9.97 Å². The predicted molar refractivity (Wildman–Crippen MR) is 74.1 cm³/mol. The first kappa shape index (κ1) is 13.1. The number of ketones is 1. The van der Waals surface area contributed by atoms with Gasteiger partial charge < -0.3 is 15.2 Å². The molecule has 0 aliphatic carbocycles. The number of anilines is 2. The first-order valence-electron chi connectivity index (χ1n) is 6.03. The summed E-state index contributed by atoms with van der Waals surface area (Å²) in [4.78, 5) is 24.3. The van der Waals surface area contributed by atoms with Crippen LogP contribution < -0.4 is 10.2 Å². The number of H-pyrrole nitrogens is 1. The smallest absolute Gasteiger partial charge is 0.148 e. The molecule has 6 heteroatoms. The molecular weight excluding hydrogens is 242 g/mol. The number of Topliss-reactive ketones (excluding diaryl/α,β-unsaturated/α-hetero) is 1. The van der Waals surface area contributed by atoms with Crippen molar-refractivity contribution in [2.24, 2.45) is 0 Å². The number of rotatable bonds is 6. The van der Waals surface area contributed by atoms with Gasteiger partial charge in [0.25, 0.3) is 0 Å². The van der Waals surface area contributed by atoms with Gasteiger partial charge in [-0.2, -0.15) is 0 Å². The summed E-state index contributed by atoms with van der Waals surface area (Å²) in [6, 6.07) is 3.85. The number of carbonyl (C=O) groups is 1. The predicted octanol–water partition coefficient (Wildman–Crippen LogP) is 1.44. The van der Waals surface area contributed by atoms with E-state index in [4.69, 9.17) is 0 Å². The van der Waals surface area contributed by atoms with Crippen LogP contribution in [-0.4, -0.2) is 34.3 Å². The fourth-order valence-electron chi connectivity index (χ4n) is 1.68. The lowest BCUT2D eigenvalue weighted by Crippen LogP contribution is -2.18. The third-order valence-electron chi connectivity index (χ3n) is 2.64. The molecule has 0 atom stereocenters. The van der Waals surface area contributed by atoms with E-state index in [0.717, 1.165) is 12.4 Å². The summed E-state index contributed by atoms with van der Waals surface area (Å²) >= 11 is 0. The van der Waals surface area contributed by atoms with Gasteiger partial charge in [-0.1, -0.05) is 0 Å². The van der Waals surface area contributed by atoms with Gasteiger partial charge in [0.1, 0.15) is 23.7 Å². The van der Waals surface area contributed by atoms with Crippen LogP contribution in [0.2, 0.25) is 0 Å². The number of nitrogens with zero attached hydrogens (tertiary/aromatic N) is 3. The molecule has 0 aliphatic heterocycles. The van der Waals surface area contributed by atoms with E-state index in [0.29, 0.717) is 5.82 Å². The molecule has 0 spiro atoms. The maximum atomic E-state index is 10.9. The van der Waals surface area contributed by atoms with Gasteiger partial charge >= 0.3 is 0 Å². The average molecular weight is 259 g/mol. The molecule has 2 aromatic heterocycles. The van der Waals surface area contributed by atoms with Gasteiger partial charge in [0.05, 0.1) is 6.54 Å². The normalized spacial score (nSPS) is 10.2. The van der Waals surface area contributed by atoms with E-state index in [1.807, 2.05) is 36.5 Å². The van der Waals surface area contributed by atoms with E-state index in [1.165, 1.54) is 18.8 Å². The maximum Gasteiger partial charge on any atom is 0.148 e. The molecule has 2 rings (SSSR count). The van der Waals surface area contributed by atoms with Gasteiger partial charge in [0, 0.05) is 32.1 Å². The lowest BCUT2D eigenvalue weighted by molar-refractivity contribution is -0.115. The van der Waals surface area contributed by atoms with E-state index >= 15 is 0 Å². The summed E-state index contributed by atoms with van der Waals surface area (Å²) in [5, 5.41) is 2.96. The number of aromatic nitrogens is 3. The minimum Gasteiger partial charge on any atom is -0.367 e. The van der Waals surface area contributed by atoms with Crippen molar-refractivity contribution in [3.8, 4) is 0 Å². The number of aromatic amines is 1. The van der Waals surface area contributed by atoms with E-state index in [-0.39, 0.29) is 12.3 Å². The molecule has 100 valence electrons. The molecule has 0 radical (unpaired) electrons. The van der Waals surface area contributed by atoms with Gasteiger partial charge in [-0.3, -0.25) is 4.79 Å². The monoisotopic (exact) mass is 259 g/mol. The second-order valence-electron chi connectivity index (χ2n) is 4.39. The Balaban J connectivity index is 2.03. The van der Waals surface area contributed by atoms with Crippen molar-refractivity contribution in [1.82, 2.24) is 15.0 Å². The van der Waals surface area contributed by atoms with Crippen molar-refractivity contribution in [2.75, 3.05) is 23.8 Å². The highest BCUT2D eigenvalue weighted by atomic mass is 16.1. The second kappa shape index (κ2) is 5.99. The Morgan fingerprint density at radius 2 is 2.32 bits per heavy atom. The Kier molecular flexibility index (Phi) is 4.12. The molecule has 2 heterocycles. The molecule has 0 aromatic carbocycles. The summed E-state index contributed by atoms with van der Waals surface area (Å²) in [6.45, 7) is 2.57. The van der Waals surface area contributed by atoms with Crippen LogP contribution in [0.25, 0.3) is 0 Å². The van der Waals surface area contributed by atoms with Crippen molar-refractivity contribution in [2.45, 2.75) is 13.5 Å². The van der Waals surface area contributed by atoms with Crippen LogP contribution in [0.3, 0.4) is 0 Å². The number of hydrogen-bond donors (Lipinski definition) is 2. The largest absolute Gasteiger partial charge is 0.367 e. The standard InChI is InChI=1S/C13H17N5O/c1-10(19)6-15-12-5-13(17-9-16-12)18(2)8-11-3-4-14-7-11/h3-5,7,9,14H,6,8H2,1-2H3,(H,15,16,17). The second-order valence-corrected chi connectivity index (χ2v) is 4.39. The molecule has 0 saturated carbocycles. The molecule has 19 heavy (non-hydrogen) atoms. The van der Waals surface area contributed by atoms with Crippen LogP contribution in [0.4, 0.5) is 11.6 Å². The molecule has 2 aromatic rings. The van der Waals surface area contributed by atoms with E-state index in [1.54, 1.807) is 0 Å². The Morgan fingerprint density at radius 3 is 3.00 bits per heavy atom. The van der Waals surface area contributed by atoms with Gasteiger partial charge in [-0.05, 0) is 18.6 Å². The maximum absolute atomic E-state index is 10.9. The first-order chi connectivity index (χ1) is 9.15. The lowest BCUT2D eigenvalue weighted by atomic mass is 10.3. The molecule has 0 bridgehead atoms. The van der Waals surface area contributed by atoms with Crippen LogP contribution in [0.5, 0.6) is 0 Å². The van der Waals surface area contributed by atoms with Crippen LogP contribution in [0.1, 0.15) is 12.5 Å². The summed E-state index contributed by atoms with van der Waals surface area (Å²) < 4.78 is 0. The third-order valence-corrected chi connectivity index (χ3v) is 2.64. The van der Waals surface area contributed by atoms with Crippen LogP contribution in [0, 0.1) is 0 Å². The zero-order valence-electron chi connectivity index (χ0n) is 11.1. The quantitative estimate of drug-likeness (QED) is 0.821. The van der Waals surface area contributed by atoms with Crippen LogP contribution in [-0.2, 0) is 11.3 Å². The summed E-state index contributed by atoms with van der Waals surface area (Å²) in [6.07, 6.45) is 5.33. The Hall–Kier alpha value is -2.37. The minimum atomic E-state index is 0.0702. The molecule has 2 N–H and O–H groups in total. The Labute approximate surface area is 111 Å². The molecule has 6 nitrogen and oxygen atoms in total. The Bertz CT molecular complexity index is 538. The molecule has 0 fully saturated rings.